The minimum Gasteiger partial charge on any atom is -0.312 e. The SMILES string of the molecule is CC(CNC(C)(C)C)CN1CCCS(=O)(=O)CC1. The second-order valence-corrected chi connectivity index (χ2v) is 8.85. The van der Waals surface area contributed by atoms with E-state index in [2.05, 4.69) is 37.9 Å². The van der Waals surface area contributed by atoms with Gasteiger partial charge in [-0.15, -0.1) is 0 Å². The van der Waals surface area contributed by atoms with Crippen LogP contribution in [-0.4, -0.2) is 56.5 Å². The lowest BCUT2D eigenvalue weighted by Gasteiger charge is -2.27. The summed E-state index contributed by atoms with van der Waals surface area (Å²) in [4.78, 5) is 2.29. The Bertz CT molecular complexity index is 346. The van der Waals surface area contributed by atoms with E-state index in [-0.39, 0.29) is 5.54 Å². The Labute approximate surface area is 112 Å². The molecule has 1 fully saturated rings. The van der Waals surface area contributed by atoms with Crippen LogP contribution in [0.3, 0.4) is 0 Å². The first-order valence-electron chi connectivity index (χ1n) is 6.86. The van der Waals surface area contributed by atoms with Crippen LogP contribution >= 0.6 is 0 Å². The summed E-state index contributed by atoms with van der Waals surface area (Å²) in [5, 5.41) is 3.50. The number of hydrogen-bond donors (Lipinski definition) is 1. The molecule has 0 aromatic heterocycles. The third-order valence-corrected chi connectivity index (χ3v) is 4.91. The number of rotatable bonds is 4. The lowest BCUT2D eigenvalue weighted by Crippen LogP contribution is -2.42. The molecule has 0 saturated carbocycles. The number of hydrogen-bond acceptors (Lipinski definition) is 4. The van der Waals surface area contributed by atoms with E-state index >= 15 is 0 Å². The third kappa shape index (κ3) is 6.71. The summed E-state index contributed by atoms with van der Waals surface area (Å²) in [7, 11) is -2.78. The van der Waals surface area contributed by atoms with Gasteiger partial charge in [0.1, 0.15) is 0 Å². The van der Waals surface area contributed by atoms with E-state index in [1.165, 1.54) is 0 Å². The molecule has 0 aromatic rings. The van der Waals surface area contributed by atoms with E-state index < -0.39 is 9.84 Å². The number of nitrogens with zero attached hydrogens (tertiary/aromatic N) is 1. The number of sulfone groups is 1. The van der Waals surface area contributed by atoms with Crippen molar-refractivity contribution in [1.82, 2.24) is 10.2 Å². The molecule has 1 atom stereocenters. The normalized spacial score (nSPS) is 23.6. The molecule has 1 saturated heterocycles. The fourth-order valence-electron chi connectivity index (χ4n) is 2.16. The third-order valence-electron chi connectivity index (χ3n) is 3.20. The molecule has 1 rings (SSSR count). The zero-order valence-corrected chi connectivity index (χ0v) is 13.0. The van der Waals surface area contributed by atoms with Gasteiger partial charge in [0.2, 0.25) is 0 Å². The fraction of sp³-hybridized carbons (Fsp3) is 1.00. The highest BCUT2D eigenvalue weighted by Gasteiger charge is 2.20. The van der Waals surface area contributed by atoms with Crippen LogP contribution in [0.4, 0.5) is 0 Å². The molecular formula is C13H28N2O2S. The minimum atomic E-state index is -2.78. The molecule has 1 N–H and O–H groups in total. The average molecular weight is 276 g/mol. The fourth-order valence-corrected chi connectivity index (χ4v) is 3.47. The molecule has 1 unspecified atom stereocenters. The van der Waals surface area contributed by atoms with Crippen LogP contribution < -0.4 is 5.32 Å². The van der Waals surface area contributed by atoms with Crippen LogP contribution in [0.2, 0.25) is 0 Å². The molecule has 1 aliphatic rings. The number of nitrogens with one attached hydrogen (secondary N) is 1. The van der Waals surface area contributed by atoms with Crippen molar-refractivity contribution in [1.29, 1.82) is 0 Å². The Kier molecular flexibility index (Phi) is 5.62. The van der Waals surface area contributed by atoms with Crippen LogP contribution in [0.5, 0.6) is 0 Å². The van der Waals surface area contributed by atoms with Crippen LogP contribution in [-0.2, 0) is 9.84 Å². The first-order valence-corrected chi connectivity index (χ1v) is 8.68. The highest BCUT2D eigenvalue weighted by molar-refractivity contribution is 7.91. The molecule has 0 amide bonds. The minimum absolute atomic E-state index is 0.149. The molecule has 0 radical (unpaired) electrons. The van der Waals surface area contributed by atoms with E-state index in [1.807, 2.05) is 0 Å². The Morgan fingerprint density at radius 2 is 1.89 bits per heavy atom. The van der Waals surface area contributed by atoms with Gasteiger partial charge in [-0.25, -0.2) is 8.42 Å². The van der Waals surface area contributed by atoms with E-state index in [1.54, 1.807) is 0 Å². The van der Waals surface area contributed by atoms with E-state index in [9.17, 15) is 8.42 Å². The standard InChI is InChI=1S/C13H28N2O2S/c1-12(10-14-13(2,3)4)11-15-6-5-8-18(16,17)9-7-15/h12,14H,5-11H2,1-4H3. The van der Waals surface area contributed by atoms with Crippen LogP contribution in [0.1, 0.15) is 34.1 Å². The van der Waals surface area contributed by atoms with Crippen LogP contribution in [0.15, 0.2) is 0 Å². The van der Waals surface area contributed by atoms with Crippen molar-refractivity contribution in [3.05, 3.63) is 0 Å². The van der Waals surface area contributed by atoms with Gasteiger partial charge in [0.25, 0.3) is 0 Å². The highest BCUT2D eigenvalue weighted by Crippen LogP contribution is 2.08. The zero-order valence-electron chi connectivity index (χ0n) is 12.2. The Hall–Kier alpha value is -0.130. The molecule has 18 heavy (non-hydrogen) atoms. The molecule has 4 nitrogen and oxygen atoms in total. The topological polar surface area (TPSA) is 49.4 Å². The predicted octanol–water partition coefficient (Wildman–Crippen LogP) is 1.13. The van der Waals surface area contributed by atoms with Gasteiger partial charge in [0, 0.05) is 18.6 Å². The maximum Gasteiger partial charge on any atom is 0.151 e. The Morgan fingerprint density at radius 1 is 1.22 bits per heavy atom. The second kappa shape index (κ2) is 6.35. The van der Waals surface area contributed by atoms with Crippen LogP contribution in [0.25, 0.3) is 0 Å². The van der Waals surface area contributed by atoms with Crippen molar-refractivity contribution < 1.29 is 8.42 Å². The van der Waals surface area contributed by atoms with Crippen molar-refractivity contribution in [3.8, 4) is 0 Å². The summed E-state index contributed by atoms with van der Waals surface area (Å²) < 4.78 is 23.0. The lowest BCUT2D eigenvalue weighted by molar-refractivity contribution is 0.242. The summed E-state index contributed by atoms with van der Waals surface area (Å²) in [6.45, 7) is 12.3. The van der Waals surface area contributed by atoms with Gasteiger partial charge in [0.05, 0.1) is 11.5 Å². The Morgan fingerprint density at radius 3 is 2.50 bits per heavy atom. The molecule has 5 heteroatoms. The summed E-state index contributed by atoms with van der Waals surface area (Å²) >= 11 is 0. The highest BCUT2D eigenvalue weighted by atomic mass is 32.2. The lowest BCUT2D eigenvalue weighted by atomic mass is 10.1. The zero-order chi connectivity index (χ0) is 13.8. The first-order chi connectivity index (χ1) is 8.18. The van der Waals surface area contributed by atoms with E-state index in [0.717, 1.165) is 26.1 Å². The van der Waals surface area contributed by atoms with Crippen LogP contribution in [0, 0.1) is 5.92 Å². The van der Waals surface area contributed by atoms with Gasteiger partial charge in [0.15, 0.2) is 9.84 Å². The molecular weight excluding hydrogens is 248 g/mol. The molecule has 0 spiro atoms. The molecule has 1 heterocycles. The quantitative estimate of drug-likeness (QED) is 0.836. The molecule has 0 bridgehead atoms. The van der Waals surface area contributed by atoms with Gasteiger partial charge in [-0.1, -0.05) is 6.92 Å². The van der Waals surface area contributed by atoms with Gasteiger partial charge in [-0.3, -0.25) is 0 Å². The predicted molar refractivity (Wildman–Crippen MR) is 76.6 cm³/mol. The van der Waals surface area contributed by atoms with Crippen molar-refractivity contribution in [2.45, 2.75) is 39.7 Å². The van der Waals surface area contributed by atoms with Gasteiger partial charge in [-0.2, -0.15) is 0 Å². The van der Waals surface area contributed by atoms with Crippen molar-refractivity contribution >= 4 is 9.84 Å². The molecule has 0 aromatic carbocycles. The van der Waals surface area contributed by atoms with Gasteiger partial charge in [-0.05, 0) is 46.2 Å². The summed E-state index contributed by atoms with van der Waals surface area (Å²) in [5.41, 5.74) is 0.149. The first kappa shape index (κ1) is 15.9. The van der Waals surface area contributed by atoms with Crippen molar-refractivity contribution in [2.24, 2.45) is 5.92 Å². The van der Waals surface area contributed by atoms with E-state index in [4.69, 9.17) is 0 Å². The smallest absolute Gasteiger partial charge is 0.151 e. The van der Waals surface area contributed by atoms with Gasteiger partial charge >= 0.3 is 0 Å². The van der Waals surface area contributed by atoms with Gasteiger partial charge < -0.3 is 10.2 Å². The maximum absolute atomic E-state index is 11.5. The second-order valence-electron chi connectivity index (χ2n) is 6.54. The summed E-state index contributed by atoms with van der Waals surface area (Å²) in [6, 6.07) is 0. The Balaban J connectivity index is 2.34. The largest absolute Gasteiger partial charge is 0.312 e. The summed E-state index contributed by atoms with van der Waals surface area (Å²) in [5.74, 6) is 1.23. The maximum atomic E-state index is 11.5. The van der Waals surface area contributed by atoms with Crippen molar-refractivity contribution in [3.63, 3.8) is 0 Å². The summed E-state index contributed by atoms with van der Waals surface area (Å²) in [6.07, 6.45) is 0.780. The molecule has 0 aliphatic carbocycles. The van der Waals surface area contributed by atoms with E-state index in [0.29, 0.717) is 24.0 Å². The van der Waals surface area contributed by atoms with Crippen molar-refractivity contribution in [2.75, 3.05) is 37.7 Å². The average Bonchev–Trinajstić information content (AvgIpc) is 2.37. The molecule has 108 valence electrons. The molecule has 1 aliphatic heterocycles. The monoisotopic (exact) mass is 276 g/mol.